The fourth-order valence-electron chi connectivity index (χ4n) is 2.14. The van der Waals surface area contributed by atoms with E-state index in [1.54, 1.807) is 12.1 Å². The Morgan fingerprint density at radius 2 is 2.33 bits per heavy atom. The molecule has 1 fully saturated rings. The quantitative estimate of drug-likeness (QED) is 0.702. The van der Waals surface area contributed by atoms with Gasteiger partial charge in [0.15, 0.2) is 0 Å². The van der Waals surface area contributed by atoms with E-state index < -0.39 is 0 Å². The Bertz CT molecular complexity index is 614. The van der Waals surface area contributed by atoms with Crippen molar-refractivity contribution >= 4 is 11.8 Å². The molecule has 3 N–H and O–H groups in total. The van der Waals surface area contributed by atoms with Gasteiger partial charge in [0.1, 0.15) is 0 Å². The maximum atomic E-state index is 12.3. The van der Waals surface area contributed by atoms with Crippen molar-refractivity contribution in [1.29, 1.82) is 0 Å². The third kappa shape index (κ3) is 4.07. The fraction of sp³-hybridized carbons (Fsp3) is 0.375. The standard InChI is InChI=1S/C16H18N2O3/c1-11-5-6-12(4-2-3-7-19)14(8-11)16(21)18-13-9-15(20)17-10-13/h5-6,8,13,19H,3,7,9-10H2,1H3,(H,17,20)(H,18,21). The van der Waals surface area contributed by atoms with Crippen LogP contribution in [0.15, 0.2) is 18.2 Å². The zero-order valence-electron chi connectivity index (χ0n) is 11.9. The highest BCUT2D eigenvalue weighted by molar-refractivity contribution is 5.97. The average molecular weight is 286 g/mol. The van der Waals surface area contributed by atoms with Gasteiger partial charge in [-0.25, -0.2) is 0 Å². The normalized spacial score (nSPS) is 16.9. The van der Waals surface area contributed by atoms with E-state index in [1.165, 1.54) is 0 Å². The third-order valence-corrected chi connectivity index (χ3v) is 3.19. The molecule has 1 saturated heterocycles. The molecule has 2 rings (SSSR count). The molecule has 0 bridgehead atoms. The van der Waals surface area contributed by atoms with Gasteiger partial charge >= 0.3 is 0 Å². The van der Waals surface area contributed by atoms with Gasteiger partial charge in [0, 0.05) is 24.9 Å². The zero-order chi connectivity index (χ0) is 15.2. The molecule has 1 aliphatic heterocycles. The highest BCUT2D eigenvalue weighted by Crippen LogP contribution is 2.12. The third-order valence-electron chi connectivity index (χ3n) is 3.19. The monoisotopic (exact) mass is 286 g/mol. The number of carbonyl (C=O) groups excluding carboxylic acids is 2. The highest BCUT2D eigenvalue weighted by atomic mass is 16.2. The van der Waals surface area contributed by atoms with Gasteiger partial charge in [-0.1, -0.05) is 23.5 Å². The van der Waals surface area contributed by atoms with Crippen molar-refractivity contribution in [2.45, 2.75) is 25.8 Å². The molecule has 0 radical (unpaired) electrons. The van der Waals surface area contributed by atoms with Crippen LogP contribution in [0.25, 0.3) is 0 Å². The fourth-order valence-corrected chi connectivity index (χ4v) is 2.14. The second kappa shape index (κ2) is 6.91. The number of hydrogen-bond donors (Lipinski definition) is 3. The average Bonchev–Trinajstić information content (AvgIpc) is 2.86. The van der Waals surface area contributed by atoms with E-state index >= 15 is 0 Å². The highest BCUT2D eigenvalue weighted by Gasteiger charge is 2.24. The molecule has 1 aliphatic rings. The van der Waals surface area contributed by atoms with Crippen LogP contribution in [0.4, 0.5) is 0 Å². The Kier molecular flexibility index (Phi) is 4.96. The van der Waals surface area contributed by atoms with Crippen LogP contribution >= 0.6 is 0 Å². The van der Waals surface area contributed by atoms with Crippen molar-refractivity contribution in [3.05, 3.63) is 34.9 Å². The Labute approximate surface area is 123 Å². The molecule has 0 aromatic heterocycles. The van der Waals surface area contributed by atoms with Crippen molar-refractivity contribution in [2.75, 3.05) is 13.2 Å². The lowest BCUT2D eigenvalue weighted by Gasteiger charge is -2.12. The number of carbonyl (C=O) groups is 2. The first-order chi connectivity index (χ1) is 10.1. The summed E-state index contributed by atoms with van der Waals surface area (Å²) in [6, 6.07) is 5.29. The minimum atomic E-state index is -0.228. The van der Waals surface area contributed by atoms with Crippen molar-refractivity contribution in [3.63, 3.8) is 0 Å². The molecule has 5 heteroatoms. The van der Waals surface area contributed by atoms with Gasteiger partial charge in [0.25, 0.3) is 5.91 Å². The number of amides is 2. The van der Waals surface area contributed by atoms with Gasteiger partial charge in [0.2, 0.25) is 5.91 Å². The number of hydrogen-bond acceptors (Lipinski definition) is 3. The SMILES string of the molecule is Cc1ccc(C#CCCO)c(C(=O)NC2CNC(=O)C2)c1. The first kappa shape index (κ1) is 15.1. The van der Waals surface area contributed by atoms with Crippen LogP contribution in [0.3, 0.4) is 0 Å². The number of nitrogens with one attached hydrogen (secondary N) is 2. The number of aliphatic hydroxyl groups is 1. The van der Waals surface area contributed by atoms with Crippen molar-refractivity contribution in [3.8, 4) is 11.8 Å². The van der Waals surface area contributed by atoms with E-state index in [0.717, 1.165) is 5.56 Å². The minimum Gasteiger partial charge on any atom is -0.395 e. The van der Waals surface area contributed by atoms with E-state index in [2.05, 4.69) is 22.5 Å². The molecule has 1 heterocycles. The second-order valence-electron chi connectivity index (χ2n) is 5.00. The van der Waals surface area contributed by atoms with Crippen molar-refractivity contribution in [2.24, 2.45) is 0 Å². The molecule has 0 saturated carbocycles. The topological polar surface area (TPSA) is 78.4 Å². The van der Waals surface area contributed by atoms with Crippen molar-refractivity contribution < 1.29 is 14.7 Å². The summed E-state index contributed by atoms with van der Waals surface area (Å²) in [6.07, 6.45) is 0.680. The lowest BCUT2D eigenvalue weighted by molar-refractivity contribution is -0.119. The van der Waals surface area contributed by atoms with E-state index in [-0.39, 0.29) is 24.5 Å². The summed E-state index contributed by atoms with van der Waals surface area (Å²) in [6.45, 7) is 2.36. The maximum absolute atomic E-state index is 12.3. The molecule has 0 aliphatic carbocycles. The van der Waals surface area contributed by atoms with Crippen LogP contribution in [0.5, 0.6) is 0 Å². The van der Waals surface area contributed by atoms with Crippen molar-refractivity contribution in [1.82, 2.24) is 10.6 Å². The van der Waals surface area contributed by atoms with Gasteiger partial charge in [-0.3, -0.25) is 9.59 Å². The van der Waals surface area contributed by atoms with E-state index in [9.17, 15) is 9.59 Å². The second-order valence-corrected chi connectivity index (χ2v) is 5.00. The smallest absolute Gasteiger partial charge is 0.252 e. The minimum absolute atomic E-state index is 0.00372. The molecular weight excluding hydrogens is 268 g/mol. The van der Waals surface area contributed by atoms with Crippen LogP contribution in [0, 0.1) is 18.8 Å². The Morgan fingerprint density at radius 1 is 1.52 bits per heavy atom. The summed E-state index contributed by atoms with van der Waals surface area (Å²) in [5.41, 5.74) is 2.09. The van der Waals surface area contributed by atoms with E-state index in [0.29, 0.717) is 30.5 Å². The van der Waals surface area contributed by atoms with Crippen LogP contribution < -0.4 is 10.6 Å². The Hall–Kier alpha value is -2.32. The van der Waals surface area contributed by atoms with Gasteiger partial charge in [-0.15, -0.1) is 0 Å². The molecule has 21 heavy (non-hydrogen) atoms. The van der Waals surface area contributed by atoms with Crippen LogP contribution in [0.2, 0.25) is 0 Å². The summed E-state index contributed by atoms with van der Waals surface area (Å²) in [5, 5.41) is 14.3. The molecule has 5 nitrogen and oxygen atoms in total. The van der Waals surface area contributed by atoms with Gasteiger partial charge < -0.3 is 15.7 Å². The summed E-state index contributed by atoms with van der Waals surface area (Å²) in [7, 11) is 0. The summed E-state index contributed by atoms with van der Waals surface area (Å²) in [4.78, 5) is 23.5. The zero-order valence-corrected chi connectivity index (χ0v) is 11.9. The molecule has 2 amide bonds. The molecule has 1 unspecified atom stereocenters. The number of aryl methyl sites for hydroxylation is 1. The largest absolute Gasteiger partial charge is 0.395 e. The number of aliphatic hydroxyl groups excluding tert-OH is 1. The molecular formula is C16H18N2O3. The first-order valence-corrected chi connectivity index (χ1v) is 6.88. The van der Waals surface area contributed by atoms with Gasteiger partial charge in [-0.05, 0) is 19.1 Å². The first-order valence-electron chi connectivity index (χ1n) is 6.88. The summed E-state index contributed by atoms with van der Waals surface area (Å²) >= 11 is 0. The maximum Gasteiger partial charge on any atom is 0.252 e. The summed E-state index contributed by atoms with van der Waals surface area (Å²) in [5.74, 6) is 5.45. The lowest BCUT2D eigenvalue weighted by Crippen LogP contribution is -2.36. The molecule has 1 atom stereocenters. The van der Waals surface area contributed by atoms with E-state index in [1.807, 2.05) is 13.0 Å². The number of benzene rings is 1. The molecule has 0 spiro atoms. The van der Waals surface area contributed by atoms with Crippen LogP contribution in [-0.2, 0) is 4.79 Å². The molecule has 1 aromatic carbocycles. The molecule has 110 valence electrons. The van der Waals surface area contributed by atoms with Crippen LogP contribution in [0.1, 0.15) is 34.3 Å². The lowest BCUT2D eigenvalue weighted by atomic mass is 10.0. The predicted octanol–water partition coefficient (Wildman–Crippen LogP) is 0.347. The van der Waals surface area contributed by atoms with Gasteiger partial charge in [0.05, 0.1) is 18.2 Å². The van der Waals surface area contributed by atoms with Gasteiger partial charge in [-0.2, -0.15) is 0 Å². The molecule has 1 aromatic rings. The van der Waals surface area contributed by atoms with Crippen LogP contribution in [-0.4, -0.2) is 36.1 Å². The summed E-state index contributed by atoms with van der Waals surface area (Å²) < 4.78 is 0. The van der Waals surface area contributed by atoms with E-state index in [4.69, 9.17) is 5.11 Å². The Morgan fingerprint density at radius 3 is 3.00 bits per heavy atom. The number of rotatable bonds is 3. The Balaban J connectivity index is 2.17. The predicted molar refractivity (Wildman–Crippen MR) is 78.6 cm³/mol.